The van der Waals surface area contributed by atoms with Gasteiger partial charge in [0.1, 0.15) is 5.92 Å². The summed E-state index contributed by atoms with van der Waals surface area (Å²) < 4.78 is 40.1. The van der Waals surface area contributed by atoms with Crippen LogP contribution in [0.3, 0.4) is 0 Å². The van der Waals surface area contributed by atoms with Gasteiger partial charge in [-0.15, -0.1) is 5.10 Å². The fraction of sp³-hybridized carbons (Fsp3) is 0.353. The Morgan fingerprint density at radius 1 is 1.28 bits per heavy atom. The van der Waals surface area contributed by atoms with Gasteiger partial charge in [-0.05, 0) is 22.1 Å². The predicted octanol–water partition coefficient (Wildman–Crippen LogP) is 2.54. The van der Waals surface area contributed by atoms with E-state index in [2.05, 4.69) is 30.9 Å². The molecule has 0 bridgehead atoms. The van der Waals surface area contributed by atoms with E-state index in [1.807, 2.05) is 24.3 Å². The summed E-state index contributed by atoms with van der Waals surface area (Å²) in [6.07, 6.45) is -2.91. The molecule has 1 amide bonds. The van der Waals surface area contributed by atoms with Gasteiger partial charge in [0, 0.05) is 36.2 Å². The van der Waals surface area contributed by atoms with Gasteiger partial charge in [-0.3, -0.25) is 9.59 Å². The van der Waals surface area contributed by atoms with Crippen molar-refractivity contribution >= 4 is 33.7 Å². The predicted molar refractivity (Wildman–Crippen MR) is 99.7 cm³/mol. The second-order valence-corrected chi connectivity index (χ2v) is 7.50. The molecule has 2 heterocycles. The zero-order valence-electron chi connectivity index (χ0n) is 15.2. The van der Waals surface area contributed by atoms with E-state index in [0.29, 0.717) is 11.8 Å². The van der Waals surface area contributed by atoms with Crippen LogP contribution in [-0.4, -0.2) is 48.6 Å². The summed E-state index contributed by atoms with van der Waals surface area (Å²) in [6.45, 7) is 1.15. The summed E-state index contributed by atoms with van der Waals surface area (Å²) in [5, 5.41) is 15.9. The molecule has 2 atom stereocenters. The number of aromatic nitrogens is 5. The van der Waals surface area contributed by atoms with E-state index in [0.717, 1.165) is 23.4 Å². The number of rotatable bonds is 7. The Labute approximate surface area is 167 Å². The number of halogens is 3. The lowest BCUT2D eigenvalue weighted by molar-refractivity contribution is -0.178. The van der Waals surface area contributed by atoms with E-state index in [4.69, 9.17) is 0 Å². The maximum Gasteiger partial charge on any atom is 0.401 e. The molecule has 8 nitrogen and oxygen atoms in total. The quantitative estimate of drug-likeness (QED) is 0.535. The first kappa shape index (κ1) is 20.8. The molecule has 29 heavy (non-hydrogen) atoms. The Balaban J connectivity index is 1.83. The molecular formula is C17H17F3N6O2S. The third kappa shape index (κ3) is 5.13. The molecule has 3 N–H and O–H groups in total. The average Bonchev–Trinajstić information content (AvgIpc) is 3.30. The van der Waals surface area contributed by atoms with Crippen LogP contribution in [-0.2, 0) is 16.0 Å². The van der Waals surface area contributed by atoms with Crippen molar-refractivity contribution in [2.24, 2.45) is 5.92 Å². The summed E-state index contributed by atoms with van der Waals surface area (Å²) in [7, 11) is 0. The zero-order chi connectivity index (χ0) is 21.0. The molecule has 2 aromatic heterocycles. The maximum absolute atomic E-state index is 13.4. The second kappa shape index (κ2) is 8.64. The summed E-state index contributed by atoms with van der Waals surface area (Å²) in [6, 6.07) is 6.50. The lowest BCUT2D eigenvalue weighted by atomic mass is 10.0. The number of para-hydroxylation sites is 1. The number of hydrogen-bond acceptors (Lipinski definition) is 6. The van der Waals surface area contributed by atoms with Crippen LogP contribution >= 0.6 is 11.8 Å². The van der Waals surface area contributed by atoms with Crippen LogP contribution in [0.2, 0.25) is 0 Å². The Hall–Kier alpha value is -2.89. The minimum atomic E-state index is -4.79. The second-order valence-electron chi connectivity index (χ2n) is 6.31. The van der Waals surface area contributed by atoms with Crippen LogP contribution < -0.4 is 5.32 Å². The van der Waals surface area contributed by atoms with Crippen molar-refractivity contribution in [3.05, 3.63) is 41.9 Å². The standard InChI is InChI=1S/C17H17F3N6O2S/c1-9(27)29-8-12(17(18,19)20)16(28)22-14(15-23-25-26-24-15)6-10-7-21-13-5-3-2-4-11(10)13/h2-5,7,12,14,21H,6,8H2,1H3,(H,22,28)(H,23,24,25,26)/t12-,14?/m0/s1. The Bertz CT molecular complexity index is 989. The fourth-order valence-corrected chi connectivity index (χ4v) is 3.58. The van der Waals surface area contributed by atoms with Gasteiger partial charge in [0.25, 0.3) is 0 Å². The first-order valence-electron chi connectivity index (χ1n) is 8.54. The molecule has 0 fully saturated rings. The first-order chi connectivity index (χ1) is 13.8. The minimum Gasteiger partial charge on any atom is -0.361 e. The van der Waals surface area contributed by atoms with Crippen molar-refractivity contribution in [2.45, 2.75) is 25.6 Å². The van der Waals surface area contributed by atoms with Gasteiger partial charge in [0.05, 0.1) is 6.04 Å². The third-order valence-corrected chi connectivity index (χ3v) is 5.18. The molecule has 0 aliphatic heterocycles. The number of tetrazole rings is 1. The van der Waals surface area contributed by atoms with Gasteiger partial charge in [0.15, 0.2) is 10.9 Å². The van der Waals surface area contributed by atoms with Crippen LogP contribution in [0.4, 0.5) is 13.2 Å². The highest BCUT2D eigenvalue weighted by atomic mass is 32.2. The molecule has 0 radical (unpaired) electrons. The highest BCUT2D eigenvalue weighted by Crippen LogP contribution is 2.31. The van der Waals surface area contributed by atoms with Crippen LogP contribution in [0.25, 0.3) is 10.9 Å². The lowest BCUT2D eigenvalue weighted by Gasteiger charge is -2.22. The van der Waals surface area contributed by atoms with Gasteiger partial charge in [-0.2, -0.15) is 13.2 Å². The van der Waals surface area contributed by atoms with E-state index in [9.17, 15) is 22.8 Å². The number of aromatic amines is 2. The normalized spacial score (nSPS) is 13.9. The highest BCUT2D eigenvalue weighted by Gasteiger charge is 2.45. The number of carbonyl (C=O) groups is 2. The van der Waals surface area contributed by atoms with E-state index < -0.39 is 34.9 Å². The smallest absolute Gasteiger partial charge is 0.361 e. The molecule has 0 aliphatic carbocycles. The number of fused-ring (bicyclic) bond motifs is 1. The maximum atomic E-state index is 13.4. The molecule has 0 saturated heterocycles. The summed E-state index contributed by atoms with van der Waals surface area (Å²) in [5.41, 5.74) is 1.64. The van der Waals surface area contributed by atoms with Crippen molar-refractivity contribution in [1.29, 1.82) is 0 Å². The van der Waals surface area contributed by atoms with E-state index in [1.165, 1.54) is 0 Å². The average molecular weight is 426 g/mol. The molecule has 0 saturated carbocycles. The molecule has 1 aromatic carbocycles. The lowest BCUT2D eigenvalue weighted by Crippen LogP contribution is -2.43. The highest BCUT2D eigenvalue weighted by molar-refractivity contribution is 8.13. The van der Waals surface area contributed by atoms with E-state index in [1.54, 1.807) is 6.20 Å². The fourth-order valence-electron chi connectivity index (χ4n) is 2.84. The van der Waals surface area contributed by atoms with Crippen LogP contribution in [0, 0.1) is 5.92 Å². The number of hydrogen-bond donors (Lipinski definition) is 3. The Morgan fingerprint density at radius 2 is 2.03 bits per heavy atom. The van der Waals surface area contributed by atoms with Crippen LogP contribution in [0.15, 0.2) is 30.5 Å². The summed E-state index contributed by atoms with van der Waals surface area (Å²) in [5.74, 6) is -4.15. The molecular weight excluding hydrogens is 409 g/mol. The number of alkyl halides is 3. The van der Waals surface area contributed by atoms with Gasteiger partial charge >= 0.3 is 6.18 Å². The first-order valence-corrected chi connectivity index (χ1v) is 9.53. The van der Waals surface area contributed by atoms with Crippen LogP contribution in [0.1, 0.15) is 24.4 Å². The SMILES string of the molecule is CC(=O)SC[C@@H](C(=O)NC(Cc1c[nH]c2ccccc12)c1nnn[nH]1)C(F)(F)F. The number of thioether (sulfide) groups is 1. The molecule has 0 spiro atoms. The molecule has 12 heteroatoms. The number of nitrogens with zero attached hydrogens (tertiary/aromatic N) is 3. The van der Waals surface area contributed by atoms with E-state index >= 15 is 0 Å². The summed E-state index contributed by atoms with van der Waals surface area (Å²) >= 11 is 0.454. The van der Waals surface area contributed by atoms with Crippen LogP contribution in [0.5, 0.6) is 0 Å². The number of benzene rings is 1. The zero-order valence-corrected chi connectivity index (χ0v) is 16.0. The van der Waals surface area contributed by atoms with Crippen molar-refractivity contribution < 1.29 is 22.8 Å². The van der Waals surface area contributed by atoms with Crippen molar-refractivity contribution in [2.75, 3.05) is 5.75 Å². The van der Waals surface area contributed by atoms with E-state index in [-0.39, 0.29) is 12.2 Å². The number of nitrogens with one attached hydrogen (secondary N) is 3. The van der Waals surface area contributed by atoms with Crippen molar-refractivity contribution in [3.8, 4) is 0 Å². The molecule has 3 aromatic rings. The minimum absolute atomic E-state index is 0.128. The van der Waals surface area contributed by atoms with Crippen molar-refractivity contribution in [3.63, 3.8) is 0 Å². The number of amides is 1. The third-order valence-electron chi connectivity index (χ3n) is 4.27. The van der Waals surface area contributed by atoms with Gasteiger partial charge in [-0.1, -0.05) is 30.0 Å². The van der Waals surface area contributed by atoms with Gasteiger partial charge in [0.2, 0.25) is 5.91 Å². The van der Waals surface area contributed by atoms with Gasteiger partial charge < -0.3 is 10.3 Å². The Morgan fingerprint density at radius 3 is 2.69 bits per heavy atom. The molecule has 3 rings (SSSR count). The van der Waals surface area contributed by atoms with Gasteiger partial charge in [-0.25, -0.2) is 5.10 Å². The molecule has 1 unspecified atom stereocenters. The number of carbonyl (C=O) groups excluding carboxylic acids is 2. The molecule has 154 valence electrons. The monoisotopic (exact) mass is 426 g/mol. The molecule has 0 aliphatic rings. The number of H-pyrrole nitrogens is 2. The van der Waals surface area contributed by atoms with Crippen molar-refractivity contribution in [1.82, 2.24) is 30.9 Å². The topological polar surface area (TPSA) is 116 Å². The largest absolute Gasteiger partial charge is 0.401 e. The summed E-state index contributed by atoms with van der Waals surface area (Å²) in [4.78, 5) is 26.6. The Kier molecular flexibility index (Phi) is 6.20.